The average molecular weight is 431 g/mol. The van der Waals surface area contributed by atoms with Crippen LogP contribution in [0.3, 0.4) is 0 Å². The average Bonchev–Trinajstić information content (AvgIpc) is 3.37. The number of Topliss-reactive ketones (excluding diaryl/α,β-unsaturated/α-hetero) is 1. The fraction of sp³-hybridized carbons (Fsp3) is 0.320. The van der Waals surface area contributed by atoms with Crippen molar-refractivity contribution in [2.45, 2.75) is 31.5 Å². The van der Waals surface area contributed by atoms with Crippen molar-refractivity contribution in [2.24, 2.45) is 5.92 Å². The third-order valence-corrected chi connectivity index (χ3v) is 6.23. The summed E-state index contributed by atoms with van der Waals surface area (Å²) in [6, 6.07) is 18.7. The number of hydrogen-bond donors (Lipinski definition) is 0. The SMILES string of the molecule is O=C(c1ccc(-n2cccn2)cc1)C1CC2COCC(C1)N2C(=O)OCc1ccccc1. The summed E-state index contributed by atoms with van der Waals surface area (Å²) >= 11 is 0. The lowest BCUT2D eigenvalue weighted by Crippen LogP contribution is -2.59. The molecule has 7 nitrogen and oxygen atoms in total. The van der Waals surface area contributed by atoms with Gasteiger partial charge < -0.3 is 9.47 Å². The van der Waals surface area contributed by atoms with Crippen LogP contribution in [0.2, 0.25) is 0 Å². The van der Waals surface area contributed by atoms with Crippen molar-refractivity contribution in [2.75, 3.05) is 13.2 Å². The van der Waals surface area contributed by atoms with Gasteiger partial charge in [-0.1, -0.05) is 30.3 Å². The molecular formula is C25H25N3O4. The fourth-order valence-electron chi connectivity index (χ4n) is 4.66. The molecule has 2 saturated heterocycles. The van der Waals surface area contributed by atoms with Crippen LogP contribution in [0.4, 0.5) is 4.79 Å². The maximum Gasteiger partial charge on any atom is 0.410 e. The zero-order chi connectivity index (χ0) is 21.9. The molecule has 2 aliphatic heterocycles. The van der Waals surface area contributed by atoms with Crippen LogP contribution in [0, 0.1) is 5.92 Å². The number of morpholine rings is 1. The molecule has 0 N–H and O–H groups in total. The van der Waals surface area contributed by atoms with Crippen LogP contribution in [-0.4, -0.2) is 51.9 Å². The summed E-state index contributed by atoms with van der Waals surface area (Å²) < 4.78 is 13.0. The third-order valence-electron chi connectivity index (χ3n) is 6.23. The first-order chi connectivity index (χ1) is 15.7. The van der Waals surface area contributed by atoms with E-state index in [1.165, 1.54) is 0 Å². The maximum absolute atomic E-state index is 13.2. The highest BCUT2D eigenvalue weighted by atomic mass is 16.6. The van der Waals surface area contributed by atoms with Crippen LogP contribution in [0.5, 0.6) is 0 Å². The van der Waals surface area contributed by atoms with E-state index in [1.807, 2.05) is 66.9 Å². The summed E-state index contributed by atoms with van der Waals surface area (Å²) in [7, 11) is 0. The molecule has 2 bridgehead atoms. The monoisotopic (exact) mass is 431 g/mol. The van der Waals surface area contributed by atoms with E-state index in [9.17, 15) is 9.59 Å². The summed E-state index contributed by atoms with van der Waals surface area (Å²) in [5.74, 6) is -0.0196. The standard InChI is InChI=1S/C25H25N3O4/c29-24(19-7-9-21(10-8-19)27-12-4-11-26-27)20-13-22-16-31-17-23(14-20)28(22)25(30)32-15-18-5-2-1-3-6-18/h1-12,20,22-23H,13-17H2. The smallest absolute Gasteiger partial charge is 0.410 e. The van der Waals surface area contributed by atoms with Crippen LogP contribution in [0.25, 0.3) is 5.69 Å². The highest BCUT2D eigenvalue weighted by Gasteiger charge is 2.44. The number of ketones is 1. The van der Waals surface area contributed by atoms with Crippen LogP contribution in [-0.2, 0) is 16.1 Å². The van der Waals surface area contributed by atoms with Crippen molar-refractivity contribution in [3.05, 3.63) is 84.2 Å². The molecule has 0 aliphatic carbocycles. The lowest BCUT2D eigenvalue weighted by molar-refractivity contribution is -0.0755. The van der Waals surface area contributed by atoms with E-state index in [4.69, 9.17) is 9.47 Å². The van der Waals surface area contributed by atoms with Crippen LogP contribution < -0.4 is 0 Å². The molecule has 0 spiro atoms. The molecule has 2 aromatic carbocycles. The molecule has 5 rings (SSSR count). The number of benzene rings is 2. The van der Waals surface area contributed by atoms with Crippen molar-refractivity contribution in [3.8, 4) is 5.69 Å². The molecule has 2 aliphatic rings. The Hall–Kier alpha value is -3.45. The van der Waals surface area contributed by atoms with Gasteiger partial charge in [0, 0.05) is 23.9 Å². The number of piperidine rings is 1. The van der Waals surface area contributed by atoms with Gasteiger partial charge in [0.2, 0.25) is 0 Å². The molecule has 1 aromatic heterocycles. The highest BCUT2D eigenvalue weighted by Crippen LogP contribution is 2.34. The second-order valence-electron chi connectivity index (χ2n) is 8.32. The van der Waals surface area contributed by atoms with E-state index in [1.54, 1.807) is 15.8 Å². The van der Waals surface area contributed by atoms with Gasteiger partial charge in [0.05, 0.1) is 31.0 Å². The zero-order valence-corrected chi connectivity index (χ0v) is 17.7. The van der Waals surface area contributed by atoms with Crippen molar-refractivity contribution in [1.29, 1.82) is 0 Å². The molecule has 3 aromatic rings. The molecule has 1 amide bonds. The molecule has 32 heavy (non-hydrogen) atoms. The Labute approximate surface area is 186 Å². The molecule has 3 heterocycles. The second kappa shape index (κ2) is 8.96. The molecule has 2 atom stereocenters. The molecule has 0 saturated carbocycles. The minimum Gasteiger partial charge on any atom is -0.445 e. The predicted octanol–water partition coefficient (Wildman–Crippen LogP) is 3.87. The van der Waals surface area contributed by atoms with E-state index in [2.05, 4.69) is 5.10 Å². The Balaban J connectivity index is 1.24. The number of fused-ring (bicyclic) bond motifs is 2. The number of carbonyl (C=O) groups is 2. The molecule has 2 unspecified atom stereocenters. The van der Waals surface area contributed by atoms with Gasteiger partial charge in [-0.3, -0.25) is 9.69 Å². The topological polar surface area (TPSA) is 73.7 Å². The molecule has 0 radical (unpaired) electrons. The quantitative estimate of drug-likeness (QED) is 0.574. The largest absolute Gasteiger partial charge is 0.445 e. The first-order valence-electron chi connectivity index (χ1n) is 10.9. The zero-order valence-electron chi connectivity index (χ0n) is 17.7. The molecule has 2 fully saturated rings. The number of aromatic nitrogens is 2. The second-order valence-corrected chi connectivity index (χ2v) is 8.32. The van der Waals surface area contributed by atoms with Crippen molar-refractivity contribution < 1.29 is 19.1 Å². The summed E-state index contributed by atoms with van der Waals surface area (Å²) in [5.41, 5.74) is 2.55. The van der Waals surface area contributed by atoms with Crippen molar-refractivity contribution in [1.82, 2.24) is 14.7 Å². The van der Waals surface area contributed by atoms with Gasteiger partial charge in [0.15, 0.2) is 5.78 Å². The summed E-state index contributed by atoms with van der Waals surface area (Å²) in [6.07, 6.45) is 4.41. The Bertz CT molecular complexity index is 1050. The first-order valence-corrected chi connectivity index (χ1v) is 10.9. The highest BCUT2D eigenvalue weighted by molar-refractivity contribution is 5.98. The van der Waals surface area contributed by atoms with Crippen LogP contribution in [0.1, 0.15) is 28.8 Å². The van der Waals surface area contributed by atoms with E-state index < -0.39 is 0 Å². The number of carbonyl (C=O) groups excluding carboxylic acids is 2. The number of ether oxygens (including phenoxy) is 2. The Morgan fingerprint density at radius 2 is 1.69 bits per heavy atom. The predicted molar refractivity (Wildman–Crippen MR) is 117 cm³/mol. The Morgan fingerprint density at radius 1 is 0.969 bits per heavy atom. The van der Waals surface area contributed by atoms with Gasteiger partial charge in [-0.05, 0) is 48.7 Å². The number of hydrogen-bond acceptors (Lipinski definition) is 5. The summed E-state index contributed by atoms with van der Waals surface area (Å²) in [6.45, 7) is 1.10. The maximum atomic E-state index is 13.2. The minimum atomic E-state index is -0.332. The minimum absolute atomic E-state index is 0.117. The van der Waals surface area contributed by atoms with Crippen molar-refractivity contribution >= 4 is 11.9 Å². The van der Waals surface area contributed by atoms with Gasteiger partial charge in [-0.15, -0.1) is 0 Å². The van der Waals surface area contributed by atoms with E-state index in [-0.39, 0.29) is 36.5 Å². The fourth-order valence-corrected chi connectivity index (χ4v) is 4.66. The first kappa shape index (κ1) is 20.5. The third kappa shape index (κ3) is 4.16. The van der Waals surface area contributed by atoms with Gasteiger partial charge in [0.1, 0.15) is 6.61 Å². The Kier molecular flexibility index (Phi) is 5.73. The number of amides is 1. The van der Waals surface area contributed by atoms with Crippen molar-refractivity contribution in [3.63, 3.8) is 0 Å². The molecule has 164 valence electrons. The lowest BCUT2D eigenvalue weighted by Gasteiger charge is -2.47. The summed E-state index contributed by atoms with van der Waals surface area (Å²) in [4.78, 5) is 27.8. The van der Waals surface area contributed by atoms with Gasteiger partial charge in [-0.25, -0.2) is 9.48 Å². The van der Waals surface area contributed by atoms with Crippen LogP contribution in [0.15, 0.2) is 73.1 Å². The van der Waals surface area contributed by atoms with Gasteiger partial charge in [-0.2, -0.15) is 5.10 Å². The summed E-state index contributed by atoms with van der Waals surface area (Å²) in [5, 5.41) is 4.22. The normalized spacial score (nSPS) is 22.4. The number of nitrogens with zero attached hydrogens (tertiary/aromatic N) is 3. The Morgan fingerprint density at radius 3 is 2.34 bits per heavy atom. The number of rotatable bonds is 5. The van der Waals surface area contributed by atoms with Gasteiger partial charge >= 0.3 is 6.09 Å². The van der Waals surface area contributed by atoms with E-state index in [0.29, 0.717) is 31.6 Å². The van der Waals surface area contributed by atoms with Crippen LogP contribution >= 0.6 is 0 Å². The van der Waals surface area contributed by atoms with E-state index >= 15 is 0 Å². The van der Waals surface area contributed by atoms with E-state index in [0.717, 1.165) is 11.3 Å². The molecule has 7 heteroatoms. The van der Waals surface area contributed by atoms with Gasteiger partial charge in [0.25, 0.3) is 0 Å². The lowest BCUT2D eigenvalue weighted by atomic mass is 9.81. The molecular weight excluding hydrogens is 406 g/mol.